The van der Waals surface area contributed by atoms with Gasteiger partial charge in [0, 0.05) is 26.7 Å². The molecule has 0 aliphatic heterocycles. The summed E-state index contributed by atoms with van der Waals surface area (Å²) in [6.07, 6.45) is 0. The van der Waals surface area contributed by atoms with Gasteiger partial charge in [0.25, 0.3) is 0 Å². The van der Waals surface area contributed by atoms with E-state index in [0.29, 0.717) is 27.3 Å². The highest BCUT2D eigenvalue weighted by molar-refractivity contribution is 9.10. The summed E-state index contributed by atoms with van der Waals surface area (Å²) in [6, 6.07) is 20.7. The van der Waals surface area contributed by atoms with E-state index in [2.05, 4.69) is 15.9 Å². The quantitative estimate of drug-likeness (QED) is 0.538. The average Bonchev–Trinajstić information content (AvgIpc) is 2.62. The van der Waals surface area contributed by atoms with Crippen molar-refractivity contribution in [2.75, 3.05) is 0 Å². The molecule has 24 heavy (non-hydrogen) atoms. The van der Waals surface area contributed by atoms with Crippen molar-refractivity contribution < 1.29 is 9.59 Å². The Morgan fingerprint density at radius 2 is 1.29 bits per heavy atom. The van der Waals surface area contributed by atoms with Crippen LogP contribution in [0.1, 0.15) is 31.8 Å². The van der Waals surface area contributed by atoms with Gasteiger partial charge in [-0.2, -0.15) is 0 Å². The lowest BCUT2D eigenvalue weighted by molar-refractivity contribution is 0.103. The Kier molecular flexibility index (Phi) is 4.93. The molecular weight excluding hydrogens is 388 g/mol. The topological polar surface area (TPSA) is 34.1 Å². The van der Waals surface area contributed by atoms with E-state index in [9.17, 15) is 9.59 Å². The van der Waals surface area contributed by atoms with Gasteiger partial charge in [0.1, 0.15) is 0 Å². The molecular formula is C20H12BrClO2. The molecule has 0 N–H and O–H groups in total. The molecule has 0 atom stereocenters. The monoisotopic (exact) mass is 398 g/mol. The molecule has 0 heterocycles. The van der Waals surface area contributed by atoms with Crippen molar-refractivity contribution in [1.29, 1.82) is 0 Å². The van der Waals surface area contributed by atoms with Gasteiger partial charge in [-0.1, -0.05) is 57.9 Å². The summed E-state index contributed by atoms with van der Waals surface area (Å²) < 4.78 is 0.898. The molecule has 0 unspecified atom stereocenters. The van der Waals surface area contributed by atoms with Crippen molar-refractivity contribution in [2.45, 2.75) is 0 Å². The predicted molar refractivity (Wildman–Crippen MR) is 98.9 cm³/mol. The van der Waals surface area contributed by atoms with Crippen molar-refractivity contribution in [1.82, 2.24) is 0 Å². The van der Waals surface area contributed by atoms with E-state index >= 15 is 0 Å². The molecule has 4 heteroatoms. The van der Waals surface area contributed by atoms with Crippen molar-refractivity contribution in [3.63, 3.8) is 0 Å². The number of benzene rings is 3. The molecule has 0 fully saturated rings. The number of carbonyl (C=O) groups is 2. The second-order valence-electron chi connectivity index (χ2n) is 5.23. The molecule has 3 aromatic rings. The minimum atomic E-state index is -0.203. The lowest BCUT2D eigenvalue weighted by atomic mass is 9.97. The van der Waals surface area contributed by atoms with E-state index < -0.39 is 0 Å². The third-order valence-electron chi connectivity index (χ3n) is 3.62. The van der Waals surface area contributed by atoms with E-state index in [1.54, 1.807) is 66.7 Å². The van der Waals surface area contributed by atoms with Crippen molar-refractivity contribution in [3.8, 4) is 0 Å². The summed E-state index contributed by atoms with van der Waals surface area (Å²) in [6.45, 7) is 0. The highest BCUT2D eigenvalue weighted by Crippen LogP contribution is 2.23. The Labute approximate surface area is 153 Å². The van der Waals surface area contributed by atoms with Gasteiger partial charge >= 0.3 is 0 Å². The highest BCUT2D eigenvalue weighted by Gasteiger charge is 2.16. The second kappa shape index (κ2) is 7.12. The van der Waals surface area contributed by atoms with Crippen LogP contribution in [0.15, 0.2) is 77.3 Å². The van der Waals surface area contributed by atoms with Crippen LogP contribution in [0.3, 0.4) is 0 Å². The maximum atomic E-state index is 12.6. The summed E-state index contributed by atoms with van der Waals surface area (Å²) in [5.41, 5.74) is 1.85. The first-order chi connectivity index (χ1) is 11.6. The van der Waals surface area contributed by atoms with Crippen molar-refractivity contribution in [2.24, 2.45) is 0 Å². The molecule has 3 rings (SSSR count). The Morgan fingerprint density at radius 1 is 0.708 bits per heavy atom. The lowest BCUT2D eigenvalue weighted by Crippen LogP contribution is -2.06. The van der Waals surface area contributed by atoms with Crippen LogP contribution in [0.5, 0.6) is 0 Å². The summed E-state index contributed by atoms with van der Waals surface area (Å²) in [5, 5.41) is 0.330. The Morgan fingerprint density at radius 3 is 1.96 bits per heavy atom. The summed E-state index contributed by atoms with van der Waals surface area (Å²) in [7, 11) is 0. The molecule has 0 amide bonds. The van der Waals surface area contributed by atoms with Crippen molar-refractivity contribution >= 4 is 39.1 Å². The number of hydrogen-bond acceptors (Lipinski definition) is 2. The molecule has 0 aliphatic rings. The summed E-state index contributed by atoms with van der Waals surface area (Å²) in [5.74, 6) is -0.354. The molecule has 3 aromatic carbocycles. The Balaban J connectivity index is 1.98. The van der Waals surface area contributed by atoms with Crippen LogP contribution in [0.2, 0.25) is 5.02 Å². The molecule has 0 radical (unpaired) electrons. The molecule has 0 spiro atoms. The third kappa shape index (κ3) is 3.48. The van der Waals surface area contributed by atoms with E-state index in [1.165, 1.54) is 0 Å². The largest absolute Gasteiger partial charge is 0.289 e. The maximum absolute atomic E-state index is 12.6. The molecule has 0 saturated carbocycles. The average molecular weight is 400 g/mol. The first-order valence-corrected chi connectivity index (χ1v) is 8.43. The van der Waals surface area contributed by atoms with Gasteiger partial charge in [-0.15, -0.1) is 0 Å². The molecule has 2 nitrogen and oxygen atoms in total. The Hall–Kier alpha value is -2.23. The standard InChI is InChI=1S/C20H12BrClO2/c21-16-9-6-14(7-10-16)19(23)15-8-11-18(22)17(12-15)20(24)13-4-2-1-3-5-13/h1-12H. The molecule has 0 bridgehead atoms. The van der Waals surface area contributed by atoms with Gasteiger partial charge < -0.3 is 0 Å². The van der Waals surface area contributed by atoms with Crippen LogP contribution in [-0.2, 0) is 0 Å². The van der Waals surface area contributed by atoms with Gasteiger partial charge in [0.15, 0.2) is 11.6 Å². The molecule has 0 aromatic heterocycles. The zero-order chi connectivity index (χ0) is 17.1. The fourth-order valence-corrected chi connectivity index (χ4v) is 2.82. The fourth-order valence-electron chi connectivity index (χ4n) is 2.35. The number of rotatable bonds is 4. The van der Waals surface area contributed by atoms with E-state index in [-0.39, 0.29) is 11.6 Å². The molecule has 118 valence electrons. The summed E-state index contributed by atoms with van der Waals surface area (Å²) in [4.78, 5) is 25.2. The smallest absolute Gasteiger partial charge is 0.194 e. The predicted octanol–water partition coefficient (Wildman–Crippen LogP) is 5.56. The molecule has 0 saturated heterocycles. The van der Waals surface area contributed by atoms with E-state index in [4.69, 9.17) is 11.6 Å². The number of hydrogen-bond donors (Lipinski definition) is 0. The van der Waals surface area contributed by atoms with Crippen molar-refractivity contribution in [3.05, 3.63) is 105 Å². The Bertz CT molecular complexity index is 903. The first kappa shape index (κ1) is 16.6. The van der Waals surface area contributed by atoms with Crippen LogP contribution < -0.4 is 0 Å². The number of ketones is 2. The zero-order valence-corrected chi connectivity index (χ0v) is 14.8. The zero-order valence-electron chi connectivity index (χ0n) is 12.5. The first-order valence-electron chi connectivity index (χ1n) is 7.26. The minimum absolute atomic E-state index is 0.152. The highest BCUT2D eigenvalue weighted by atomic mass is 79.9. The van der Waals surface area contributed by atoms with Gasteiger partial charge in [0.05, 0.1) is 5.02 Å². The van der Waals surface area contributed by atoms with Crippen LogP contribution in [0, 0.1) is 0 Å². The van der Waals surface area contributed by atoms with E-state index in [1.807, 2.05) is 6.07 Å². The van der Waals surface area contributed by atoms with E-state index in [0.717, 1.165) is 4.47 Å². The van der Waals surface area contributed by atoms with Gasteiger partial charge in [-0.3, -0.25) is 9.59 Å². The van der Waals surface area contributed by atoms with Crippen LogP contribution in [-0.4, -0.2) is 11.6 Å². The summed E-state index contributed by atoms with van der Waals surface area (Å²) >= 11 is 9.52. The maximum Gasteiger partial charge on any atom is 0.194 e. The number of halogens is 2. The third-order valence-corrected chi connectivity index (χ3v) is 4.47. The second-order valence-corrected chi connectivity index (χ2v) is 6.55. The normalized spacial score (nSPS) is 10.4. The SMILES string of the molecule is O=C(c1ccc(Br)cc1)c1ccc(Cl)c(C(=O)c2ccccc2)c1. The minimum Gasteiger partial charge on any atom is -0.289 e. The van der Waals surface area contributed by atoms with Gasteiger partial charge in [-0.05, 0) is 42.5 Å². The van der Waals surface area contributed by atoms with Crippen LogP contribution in [0.4, 0.5) is 0 Å². The molecule has 0 aliphatic carbocycles. The lowest BCUT2D eigenvalue weighted by Gasteiger charge is -2.07. The fraction of sp³-hybridized carbons (Fsp3) is 0. The van der Waals surface area contributed by atoms with Gasteiger partial charge in [-0.25, -0.2) is 0 Å². The van der Waals surface area contributed by atoms with Gasteiger partial charge in [0.2, 0.25) is 0 Å². The number of carbonyl (C=O) groups excluding carboxylic acids is 2. The van der Waals surface area contributed by atoms with Crippen LogP contribution in [0.25, 0.3) is 0 Å². The van der Waals surface area contributed by atoms with Crippen LogP contribution >= 0.6 is 27.5 Å².